The largest absolute Gasteiger partial charge is 0.387 e. The van der Waals surface area contributed by atoms with E-state index in [1.54, 1.807) is 24.5 Å². The molecule has 7 nitrogen and oxygen atoms in total. The summed E-state index contributed by atoms with van der Waals surface area (Å²) in [4.78, 5) is 30.9. The van der Waals surface area contributed by atoms with Crippen LogP contribution in [0, 0.1) is 5.82 Å². The number of amides is 2. The Bertz CT molecular complexity index is 1340. The van der Waals surface area contributed by atoms with Gasteiger partial charge in [0.05, 0.1) is 10.6 Å². The van der Waals surface area contributed by atoms with E-state index in [4.69, 9.17) is 16.7 Å². The van der Waals surface area contributed by atoms with Crippen LogP contribution in [0.4, 0.5) is 4.39 Å². The number of aliphatic hydroxyl groups excluding tert-OH is 1. The molecule has 0 aliphatic heterocycles. The minimum absolute atomic E-state index is 0.0145. The predicted molar refractivity (Wildman–Crippen MR) is 127 cm³/mol. The van der Waals surface area contributed by atoms with Crippen LogP contribution < -0.4 is 10.6 Å². The Balaban J connectivity index is 1.38. The topological polar surface area (TPSA) is 107 Å². The van der Waals surface area contributed by atoms with Crippen LogP contribution in [0.15, 0.2) is 61.1 Å². The van der Waals surface area contributed by atoms with Gasteiger partial charge in [-0.05, 0) is 41.3 Å². The number of hydrogen-bond acceptors (Lipinski definition) is 4. The molecular formula is C25H22ClFN4O3. The number of carbonyl (C=O) groups is 2. The fraction of sp³-hybridized carbons (Fsp3) is 0.160. The van der Waals surface area contributed by atoms with Crippen LogP contribution in [-0.2, 0) is 24.3 Å². The number of halogens is 2. The summed E-state index contributed by atoms with van der Waals surface area (Å²) >= 11 is 6.11. The van der Waals surface area contributed by atoms with Gasteiger partial charge in [0, 0.05) is 48.1 Å². The third-order valence-corrected chi connectivity index (χ3v) is 5.67. The summed E-state index contributed by atoms with van der Waals surface area (Å²) in [6, 6.07) is 12.4. The molecule has 0 spiro atoms. The van der Waals surface area contributed by atoms with Crippen molar-refractivity contribution in [1.29, 1.82) is 0 Å². The number of carbonyl (C=O) groups excluding carboxylic acids is 2. The van der Waals surface area contributed by atoms with Crippen molar-refractivity contribution in [3.63, 3.8) is 0 Å². The highest BCUT2D eigenvalue weighted by Crippen LogP contribution is 2.25. The van der Waals surface area contributed by atoms with E-state index >= 15 is 0 Å². The average Bonchev–Trinajstić information content (AvgIpc) is 3.21. The van der Waals surface area contributed by atoms with E-state index in [1.807, 2.05) is 24.3 Å². The number of nitrogens with zero attached hydrogens (tertiary/aromatic N) is 1. The summed E-state index contributed by atoms with van der Waals surface area (Å²) in [6.45, 7) is -0.193. The normalized spacial score (nSPS) is 10.9. The second-order valence-corrected chi connectivity index (χ2v) is 8.23. The molecule has 0 aliphatic rings. The van der Waals surface area contributed by atoms with E-state index in [1.165, 1.54) is 12.3 Å². The monoisotopic (exact) mass is 480 g/mol. The number of aromatic nitrogens is 2. The number of fused-ring (bicyclic) bond motifs is 1. The van der Waals surface area contributed by atoms with Gasteiger partial charge in [-0.3, -0.25) is 14.6 Å². The fourth-order valence-corrected chi connectivity index (χ4v) is 3.75. The zero-order valence-electron chi connectivity index (χ0n) is 18.1. The highest BCUT2D eigenvalue weighted by atomic mass is 35.5. The molecule has 0 bridgehead atoms. The summed E-state index contributed by atoms with van der Waals surface area (Å²) in [5.41, 5.74) is 4.07. The van der Waals surface area contributed by atoms with Gasteiger partial charge >= 0.3 is 0 Å². The van der Waals surface area contributed by atoms with Gasteiger partial charge in [0.15, 0.2) is 0 Å². The average molecular weight is 481 g/mol. The van der Waals surface area contributed by atoms with E-state index in [0.717, 1.165) is 16.7 Å². The molecule has 2 heterocycles. The molecule has 0 fully saturated rings. The second kappa shape index (κ2) is 10.5. The Kier molecular flexibility index (Phi) is 7.20. The van der Waals surface area contributed by atoms with Crippen LogP contribution in [0.1, 0.15) is 32.6 Å². The van der Waals surface area contributed by atoms with Gasteiger partial charge in [-0.15, -0.1) is 0 Å². The van der Waals surface area contributed by atoms with Crippen molar-refractivity contribution in [2.75, 3.05) is 6.61 Å². The van der Waals surface area contributed by atoms with Crippen molar-refractivity contribution in [1.82, 2.24) is 20.6 Å². The Morgan fingerprint density at radius 2 is 1.76 bits per heavy atom. The van der Waals surface area contributed by atoms with Crippen molar-refractivity contribution in [2.24, 2.45) is 0 Å². The van der Waals surface area contributed by atoms with Gasteiger partial charge in [0.1, 0.15) is 12.4 Å². The molecule has 0 radical (unpaired) electrons. The van der Waals surface area contributed by atoms with Crippen LogP contribution in [0.25, 0.3) is 10.9 Å². The van der Waals surface area contributed by atoms with Crippen molar-refractivity contribution in [2.45, 2.75) is 19.5 Å². The van der Waals surface area contributed by atoms with Crippen molar-refractivity contribution < 1.29 is 19.1 Å². The fourth-order valence-electron chi connectivity index (χ4n) is 3.54. The maximum atomic E-state index is 14.4. The zero-order chi connectivity index (χ0) is 24.1. The first-order valence-electron chi connectivity index (χ1n) is 10.6. The summed E-state index contributed by atoms with van der Waals surface area (Å²) in [5.74, 6) is -1.22. The first kappa shape index (κ1) is 23.4. The molecule has 2 aromatic heterocycles. The maximum absolute atomic E-state index is 14.4. The van der Waals surface area contributed by atoms with Gasteiger partial charge in [0.25, 0.3) is 5.91 Å². The molecule has 0 atom stereocenters. The van der Waals surface area contributed by atoms with E-state index in [2.05, 4.69) is 20.6 Å². The summed E-state index contributed by atoms with van der Waals surface area (Å²) in [5, 5.41) is 15.3. The predicted octanol–water partition coefficient (Wildman–Crippen LogP) is 3.48. The lowest BCUT2D eigenvalue weighted by Gasteiger charge is -2.09. The number of rotatable bonds is 8. The molecule has 0 saturated heterocycles. The van der Waals surface area contributed by atoms with Crippen LogP contribution in [0.2, 0.25) is 5.02 Å². The molecule has 174 valence electrons. The minimum Gasteiger partial charge on any atom is -0.387 e. The van der Waals surface area contributed by atoms with Crippen LogP contribution >= 0.6 is 11.6 Å². The van der Waals surface area contributed by atoms with Crippen molar-refractivity contribution in [3.05, 3.63) is 99.7 Å². The second-order valence-electron chi connectivity index (χ2n) is 7.82. The summed E-state index contributed by atoms with van der Waals surface area (Å²) in [7, 11) is 0. The lowest BCUT2D eigenvalue weighted by Crippen LogP contribution is -2.25. The third kappa shape index (κ3) is 5.59. The molecule has 34 heavy (non-hydrogen) atoms. The highest BCUT2D eigenvalue weighted by molar-refractivity contribution is 6.35. The Hall–Kier alpha value is -3.75. The Morgan fingerprint density at radius 1 is 1.00 bits per heavy atom. The molecule has 4 aromatic rings. The first-order chi connectivity index (χ1) is 16.4. The quantitative estimate of drug-likeness (QED) is 0.309. The molecule has 0 saturated carbocycles. The smallest absolute Gasteiger partial charge is 0.253 e. The third-order valence-electron chi connectivity index (χ3n) is 5.36. The number of nitrogens with one attached hydrogen (secondary N) is 3. The van der Waals surface area contributed by atoms with Crippen LogP contribution in [-0.4, -0.2) is 33.5 Å². The molecule has 9 heteroatoms. The van der Waals surface area contributed by atoms with Crippen LogP contribution in [0.5, 0.6) is 0 Å². The van der Waals surface area contributed by atoms with E-state index in [9.17, 15) is 14.0 Å². The molecule has 2 aromatic carbocycles. The number of benzene rings is 2. The standard InChI is InChI=1S/C25H22ClFN4O3/c26-21-13-29-23-8-22(27)18(7-20(21)23)12-31-25(34)19-6-17(9-28-11-19)5-15-1-3-16(4-2-15)10-30-24(33)14-32/h1-4,6-9,11,13,29,32H,5,10,12,14H2,(H,30,33)(H,31,34). The highest BCUT2D eigenvalue weighted by Gasteiger charge is 2.12. The molecule has 2 amide bonds. The zero-order valence-corrected chi connectivity index (χ0v) is 18.8. The van der Waals surface area contributed by atoms with E-state index in [0.29, 0.717) is 40.0 Å². The van der Waals surface area contributed by atoms with Gasteiger partial charge < -0.3 is 20.7 Å². The molecular weight excluding hydrogens is 459 g/mol. The molecule has 4 N–H and O–H groups in total. The van der Waals surface area contributed by atoms with Crippen LogP contribution in [0.3, 0.4) is 0 Å². The number of aromatic amines is 1. The molecule has 4 rings (SSSR count). The molecule has 0 unspecified atom stereocenters. The van der Waals surface area contributed by atoms with Crippen molar-refractivity contribution >= 4 is 34.3 Å². The minimum atomic E-state index is -0.541. The first-order valence-corrected chi connectivity index (χ1v) is 10.9. The number of aliphatic hydroxyl groups is 1. The molecule has 0 aliphatic carbocycles. The SMILES string of the molecule is O=C(CO)NCc1ccc(Cc2cncc(C(=O)NCc3cc4c(Cl)c[nH]c4cc3F)c2)cc1. The summed E-state index contributed by atoms with van der Waals surface area (Å²) < 4.78 is 14.4. The lowest BCUT2D eigenvalue weighted by molar-refractivity contribution is -0.123. The van der Waals surface area contributed by atoms with Gasteiger partial charge in [-0.1, -0.05) is 35.9 Å². The van der Waals surface area contributed by atoms with Gasteiger partial charge in [-0.25, -0.2) is 4.39 Å². The van der Waals surface area contributed by atoms with Gasteiger partial charge in [0.2, 0.25) is 5.91 Å². The lowest BCUT2D eigenvalue weighted by atomic mass is 10.0. The number of pyridine rings is 1. The van der Waals surface area contributed by atoms with Crippen molar-refractivity contribution in [3.8, 4) is 0 Å². The summed E-state index contributed by atoms with van der Waals surface area (Å²) in [6.07, 6.45) is 5.31. The Labute approximate surface area is 200 Å². The van der Waals surface area contributed by atoms with Gasteiger partial charge in [-0.2, -0.15) is 0 Å². The number of hydrogen-bond donors (Lipinski definition) is 4. The number of H-pyrrole nitrogens is 1. The van der Waals surface area contributed by atoms with E-state index in [-0.39, 0.29) is 12.5 Å². The van der Waals surface area contributed by atoms with E-state index < -0.39 is 18.3 Å². The maximum Gasteiger partial charge on any atom is 0.253 e. The Morgan fingerprint density at radius 3 is 2.53 bits per heavy atom.